The average molecular weight is 395 g/mol. The average Bonchev–Trinajstić information content (AvgIpc) is 2.73. The molecule has 2 aromatic rings. The van der Waals surface area contributed by atoms with Gasteiger partial charge in [-0.2, -0.15) is 0 Å². The lowest BCUT2D eigenvalue weighted by molar-refractivity contribution is -0.880. The number of hydrogen-bond donors (Lipinski definition) is 3. The molecular formula is C22H27N4O3+. The van der Waals surface area contributed by atoms with Gasteiger partial charge in [-0.15, -0.1) is 0 Å². The number of piperazine rings is 1. The fraction of sp³-hybridized carbons (Fsp3) is 0.364. The Morgan fingerprint density at radius 1 is 1.10 bits per heavy atom. The van der Waals surface area contributed by atoms with Gasteiger partial charge >= 0.3 is 0 Å². The van der Waals surface area contributed by atoms with E-state index in [2.05, 4.69) is 17.3 Å². The van der Waals surface area contributed by atoms with Crippen LogP contribution < -0.4 is 20.9 Å². The normalized spacial score (nSPS) is 16.6. The maximum atomic E-state index is 13.3. The van der Waals surface area contributed by atoms with Gasteiger partial charge in [0.15, 0.2) is 11.6 Å². The van der Waals surface area contributed by atoms with Crippen molar-refractivity contribution in [3.8, 4) is 0 Å². The number of benzene rings is 2. The predicted octanol–water partition coefficient (Wildman–Crippen LogP) is 0.437. The Morgan fingerprint density at radius 2 is 1.72 bits per heavy atom. The summed E-state index contributed by atoms with van der Waals surface area (Å²) >= 11 is 0. The Morgan fingerprint density at radius 3 is 2.34 bits per heavy atom. The number of likely N-dealkylation sites (N-methyl/N-ethyl adjacent to an activating group) is 1. The second kappa shape index (κ2) is 7.85. The lowest BCUT2D eigenvalue weighted by Gasteiger charge is -2.34. The van der Waals surface area contributed by atoms with Crippen molar-refractivity contribution in [2.45, 2.75) is 0 Å². The van der Waals surface area contributed by atoms with E-state index in [4.69, 9.17) is 10.5 Å². The third-order valence-electron chi connectivity index (χ3n) is 5.80. The van der Waals surface area contributed by atoms with Crippen LogP contribution in [0.25, 0.3) is 0 Å². The van der Waals surface area contributed by atoms with E-state index in [1.54, 1.807) is 31.4 Å². The Labute approximate surface area is 170 Å². The first kappa shape index (κ1) is 19.4. The summed E-state index contributed by atoms with van der Waals surface area (Å²) < 4.78 is 5.14. The molecule has 2 aromatic carbocycles. The number of anilines is 3. The second-order valence-electron chi connectivity index (χ2n) is 7.67. The zero-order valence-corrected chi connectivity index (χ0v) is 16.9. The number of carbonyl (C=O) groups is 2. The van der Waals surface area contributed by atoms with Crippen molar-refractivity contribution < 1.29 is 19.2 Å². The fourth-order valence-electron chi connectivity index (χ4n) is 4.12. The summed E-state index contributed by atoms with van der Waals surface area (Å²) in [5.41, 5.74) is 9.90. The van der Waals surface area contributed by atoms with Gasteiger partial charge in [0.1, 0.15) is 0 Å². The van der Waals surface area contributed by atoms with Crippen molar-refractivity contribution >= 4 is 28.6 Å². The molecule has 1 saturated heterocycles. The fourth-order valence-corrected chi connectivity index (χ4v) is 4.12. The molecule has 1 aliphatic carbocycles. The molecule has 4 rings (SSSR count). The molecule has 0 bridgehead atoms. The number of nitrogens with one attached hydrogen (secondary N) is 2. The molecular weight excluding hydrogens is 368 g/mol. The number of quaternary nitrogens is 1. The highest BCUT2D eigenvalue weighted by molar-refractivity contribution is 6.32. The Hall–Kier alpha value is -2.90. The van der Waals surface area contributed by atoms with E-state index in [-0.39, 0.29) is 11.6 Å². The van der Waals surface area contributed by atoms with Crippen molar-refractivity contribution in [1.82, 2.24) is 0 Å². The number of carbonyl (C=O) groups excluding carboxylic acids is 2. The van der Waals surface area contributed by atoms with E-state index >= 15 is 0 Å². The van der Waals surface area contributed by atoms with E-state index in [1.165, 1.54) is 4.90 Å². The molecule has 4 N–H and O–H groups in total. The summed E-state index contributed by atoms with van der Waals surface area (Å²) in [7, 11) is 3.80. The molecule has 0 radical (unpaired) electrons. The van der Waals surface area contributed by atoms with Crippen LogP contribution in [0.5, 0.6) is 0 Å². The van der Waals surface area contributed by atoms with Crippen molar-refractivity contribution in [1.29, 1.82) is 0 Å². The van der Waals surface area contributed by atoms with Gasteiger partial charge in [-0.3, -0.25) is 9.59 Å². The molecule has 1 heterocycles. The SMILES string of the molecule is COCCNc1cc(N2CC[NH+](C)CC2)c(N)c2c1C(=O)c1ccccc1C2=O. The minimum Gasteiger partial charge on any atom is -0.396 e. The highest BCUT2D eigenvalue weighted by Gasteiger charge is 2.35. The first-order valence-corrected chi connectivity index (χ1v) is 9.97. The minimum atomic E-state index is -0.191. The van der Waals surface area contributed by atoms with E-state index < -0.39 is 0 Å². The van der Waals surface area contributed by atoms with Gasteiger partial charge in [-0.05, 0) is 6.07 Å². The Balaban J connectivity index is 1.85. The van der Waals surface area contributed by atoms with Crippen LogP contribution in [0, 0.1) is 0 Å². The first-order valence-electron chi connectivity index (χ1n) is 9.97. The number of nitrogen functional groups attached to an aromatic ring is 1. The topological polar surface area (TPSA) is 89.1 Å². The zero-order valence-electron chi connectivity index (χ0n) is 16.9. The summed E-state index contributed by atoms with van der Waals surface area (Å²) in [6, 6.07) is 8.86. The Kier molecular flexibility index (Phi) is 5.25. The molecule has 0 amide bonds. The number of hydrogen-bond acceptors (Lipinski definition) is 6. The largest absolute Gasteiger partial charge is 0.396 e. The van der Waals surface area contributed by atoms with Crippen LogP contribution >= 0.6 is 0 Å². The third-order valence-corrected chi connectivity index (χ3v) is 5.80. The number of rotatable bonds is 5. The number of ketones is 2. The van der Waals surface area contributed by atoms with Crippen molar-refractivity contribution in [2.24, 2.45) is 0 Å². The molecule has 0 atom stereocenters. The molecule has 2 aliphatic rings. The molecule has 0 aromatic heterocycles. The summed E-state index contributed by atoms with van der Waals surface area (Å²) in [4.78, 5) is 30.3. The summed E-state index contributed by atoms with van der Waals surface area (Å²) in [5.74, 6) is -0.361. The van der Waals surface area contributed by atoms with Gasteiger partial charge in [0.2, 0.25) is 0 Å². The number of nitrogens with two attached hydrogens (primary N) is 1. The number of ether oxygens (including phenoxy) is 1. The molecule has 7 nitrogen and oxygen atoms in total. The molecule has 1 aliphatic heterocycles. The van der Waals surface area contributed by atoms with Crippen molar-refractivity contribution in [3.63, 3.8) is 0 Å². The van der Waals surface area contributed by atoms with Crippen LogP contribution in [0.2, 0.25) is 0 Å². The van der Waals surface area contributed by atoms with Gasteiger partial charge in [-0.25, -0.2) is 0 Å². The number of fused-ring (bicyclic) bond motifs is 2. The predicted molar refractivity (Wildman–Crippen MR) is 113 cm³/mol. The van der Waals surface area contributed by atoms with Gasteiger partial charge in [-0.1, -0.05) is 24.3 Å². The van der Waals surface area contributed by atoms with E-state index in [0.717, 1.165) is 31.9 Å². The van der Waals surface area contributed by atoms with Crippen LogP contribution in [-0.4, -0.2) is 65.1 Å². The smallest absolute Gasteiger partial charge is 0.196 e. The van der Waals surface area contributed by atoms with Gasteiger partial charge in [0.05, 0.1) is 62.3 Å². The molecule has 0 saturated carbocycles. The zero-order chi connectivity index (χ0) is 20.5. The van der Waals surface area contributed by atoms with Gasteiger partial charge in [0.25, 0.3) is 0 Å². The standard InChI is InChI=1S/C22H26N4O3/c1-25-8-10-26(11-9-25)17-13-16(24-7-12-29-2)18-19(20(17)23)22(28)15-6-4-3-5-14(15)21(18)27/h3-6,13,24H,7-12,23H2,1-2H3/p+1. The molecule has 7 heteroatoms. The molecule has 29 heavy (non-hydrogen) atoms. The summed E-state index contributed by atoms with van der Waals surface area (Å²) in [6.45, 7) is 4.72. The number of methoxy groups -OCH3 is 1. The van der Waals surface area contributed by atoms with Crippen LogP contribution in [0.15, 0.2) is 30.3 Å². The van der Waals surface area contributed by atoms with Gasteiger partial charge in [0, 0.05) is 30.5 Å². The highest BCUT2D eigenvalue weighted by Crippen LogP contribution is 2.40. The molecule has 152 valence electrons. The highest BCUT2D eigenvalue weighted by atomic mass is 16.5. The molecule has 1 fully saturated rings. The van der Waals surface area contributed by atoms with Crippen LogP contribution in [-0.2, 0) is 4.74 Å². The minimum absolute atomic E-state index is 0.170. The summed E-state index contributed by atoms with van der Waals surface area (Å²) in [6.07, 6.45) is 0. The van der Waals surface area contributed by atoms with E-state index in [9.17, 15) is 9.59 Å². The second-order valence-corrected chi connectivity index (χ2v) is 7.67. The maximum absolute atomic E-state index is 13.3. The van der Waals surface area contributed by atoms with Crippen molar-refractivity contribution in [2.75, 3.05) is 69.4 Å². The third kappa shape index (κ3) is 3.36. The van der Waals surface area contributed by atoms with Crippen LogP contribution in [0.1, 0.15) is 31.8 Å². The van der Waals surface area contributed by atoms with E-state index in [0.29, 0.717) is 46.8 Å². The summed E-state index contributed by atoms with van der Waals surface area (Å²) in [5, 5.41) is 3.29. The first-order chi connectivity index (χ1) is 14.0. The lowest BCUT2D eigenvalue weighted by atomic mass is 9.81. The Bertz CT molecular complexity index is 965. The van der Waals surface area contributed by atoms with Crippen LogP contribution in [0.4, 0.5) is 17.1 Å². The molecule has 0 spiro atoms. The van der Waals surface area contributed by atoms with Crippen molar-refractivity contribution in [3.05, 3.63) is 52.6 Å². The number of nitrogens with zero attached hydrogens (tertiary/aromatic N) is 1. The monoisotopic (exact) mass is 395 g/mol. The maximum Gasteiger partial charge on any atom is 0.196 e. The molecule has 0 unspecified atom stereocenters. The lowest BCUT2D eigenvalue weighted by Crippen LogP contribution is -3.12. The quantitative estimate of drug-likeness (QED) is 0.429. The van der Waals surface area contributed by atoms with Gasteiger partial charge < -0.3 is 25.6 Å². The van der Waals surface area contributed by atoms with E-state index in [1.807, 2.05) is 6.07 Å². The van der Waals surface area contributed by atoms with Crippen LogP contribution in [0.3, 0.4) is 0 Å².